The molecule has 0 aliphatic carbocycles. The van der Waals surface area contributed by atoms with E-state index in [9.17, 15) is 4.79 Å². The molecule has 118 valence electrons. The van der Waals surface area contributed by atoms with E-state index in [1.165, 1.54) is 11.3 Å². The van der Waals surface area contributed by atoms with Crippen LogP contribution in [0.3, 0.4) is 0 Å². The van der Waals surface area contributed by atoms with Crippen molar-refractivity contribution in [3.63, 3.8) is 0 Å². The van der Waals surface area contributed by atoms with Crippen molar-refractivity contribution in [2.45, 2.75) is 39.3 Å². The second-order valence-corrected chi connectivity index (χ2v) is 6.98. The molecule has 0 spiro atoms. The highest BCUT2D eigenvalue weighted by Gasteiger charge is 2.37. The van der Waals surface area contributed by atoms with Crippen molar-refractivity contribution in [2.24, 2.45) is 5.92 Å². The lowest BCUT2D eigenvalue weighted by atomic mass is 9.98. The molecule has 0 aromatic carbocycles. The highest BCUT2D eigenvalue weighted by molar-refractivity contribution is 7.15. The van der Waals surface area contributed by atoms with E-state index in [1.807, 2.05) is 17.7 Å². The number of anilines is 1. The molecule has 3 rings (SSSR count). The maximum Gasteiger partial charge on any atom is 0.232 e. The van der Waals surface area contributed by atoms with E-state index in [-0.39, 0.29) is 24.0 Å². The first-order valence-electron chi connectivity index (χ1n) is 7.44. The lowest BCUT2D eigenvalue weighted by Crippen LogP contribution is -2.27. The number of amides is 1. The molecule has 2 aromatic rings. The number of aryl methyl sites for hydroxylation is 1. The molecule has 1 amide bonds. The molecular weight excluding hydrogens is 300 g/mol. The van der Waals surface area contributed by atoms with Crippen LogP contribution >= 0.6 is 11.3 Å². The molecule has 0 saturated carbocycles. The molecule has 22 heavy (non-hydrogen) atoms. The van der Waals surface area contributed by atoms with Gasteiger partial charge in [0.15, 0.2) is 5.13 Å². The molecule has 1 aliphatic rings. The van der Waals surface area contributed by atoms with Gasteiger partial charge < -0.3 is 10.1 Å². The fourth-order valence-corrected chi connectivity index (χ4v) is 3.41. The van der Waals surface area contributed by atoms with E-state index >= 15 is 0 Å². The first-order chi connectivity index (χ1) is 10.6. The summed E-state index contributed by atoms with van der Waals surface area (Å²) in [6.07, 6.45) is 3.99. The predicted molar refractivity (Wildman–Crippen MR) is 84.9 cm³/mol. The Kier molecular flexibility index (Phi) is 4.26. The Bertz CT molecular complexity index is 664. The summed E-state index contributed by atoms with van der Waals surface area (Å²) in [6, 6.07) is 2.17. The maximum atomic E-state index is 12.6. The molecule has 0 bridgehead atoms. The number of ether oxygens (including phenoxy) is 1. The summed E-state index contributed by atoms with van der Waals surface area (Å²) in [7, 11) is 0. The summed E-state index contributed by atoms with van der Waals surface area (Å²) in [5.41, 5.74) is 0.961. The standard InChI is InChI=1S/C15H20N4O2S/c1-9(2)19-12(4-6-17-19)13-11(5-7-21-13)14(20)18-15-16-8-10(3)22-15/h4,6,8-9,11,13H,5,7H2,1-3H3,(H,16,18,20)/t11-,13-/m0/s1. The molecule has 1 aliphatic heterocycles. The van der Waals surface area contributed by atoms with Crippen LogP contribution < -0.4 is 5.32 Å². The van der Waals surface area contributed by atoms with E-state index in [4.69, 9.17) is 4.74 Å². The third-order valence-corrected chi connectivity index (χ3v) is 4.59. The van der Waals surface area contributed by atoms with Gasteiger partial charge in [-0.3, -0.25) is 9.48 Å². The summed E-state index contributed by atoms with van der Waals surface area (Å²) >= 11 is 1.48. The van der Waals surface area contributed by atoms with Crippen LogP contribution in [0.1, 0.15) is 43.0 Å². The summed E-state index contributed by atoms with van der Waals surface area (Å²) < 4.78 is 7.75. The van der Waals surface area contributed by atoms with Crippen molar-refractivity contribution >= 4 is 22.4 Å². The molecule has 2 atom stereocenters. The Morgan fingerprint density at radius 2 is 2.36 bits per heavy atom. The number of rotatable bonds is 4. The van der Waals surface area contributed by atoms with Crippen molar-refractivity contribution in [3.8, 4) is 0 Å². The van der Waals surface area contributed by atoms with Gasteiger partial charge in [-0.1, -0.05) is 0 Å². The minimum Gasteiger partial charge on any atom is -0.371 e. The number of aromatic nitrogens is 3. The summed E-state index contributed by atoms with van der Waals surface area (Å²) in [5.74, 6) is -0.244. The van der Waals surface area contributed by atoms with Gasteiger partial charge in [0.25, 0.3) is 0 Å². The number of nitrogens with zero attached hydrogens (tertiary/aromatic N) is 3. The number of hydrogen-bond donors (Lipinski definition) is 1. The van der Waals surface area contributed by atoms with Crippen molar-refractivity contribution in [1.29, 1.82) is 0 Å². The van der Waals surface area contributed by atoms with Gasteiger partial charge in [-0.15, -0.1) is 11.3 Å². The Labute approximate surface area is 133 Å². The minimum absolute atomic E-state index is 0.0339. The van der Waals surface area contributed by atoms with Gasteiger partial charge in [0.1, 0.15) is 6.10 Å². The molecule has 3 heterocycles. The van der Waals surface area contributed by atoms with E-state index in [0.717, 1.165) is 10.6 Å². The quantitative estimate of drug-likeness (QED) is 0.940. The smallest absolute Gasteiger partial charge is 0.232 e. The fraction of sp³-hybridized carbons (Fsp3) is 0.533. The average molecular weight is 320 g/mol. The highest BCUT2D eigenvalue weighted by atomic mass is 32.1. The van der Waals surface area contributed by atoms with E-state index in [1.54, 1.807) is 12.4 Å². The molecule has 0 radical (unpaired) electrons. The fourth-order valence-electron chi connectivity index (χ4n) is 2.74. The molecule has 1 fully saturated rings. The Balaban J connectivity index is 1.78. The molecular formula is C15H20N4O2S. The van der Waals surface area contributed by atoms with Crippen molar-refractivity contribution in [2.75, 3.05) is 11.9 Å². The molecule has 2 aromatic heterocycles. The number of carbonyl (C=O) groups excluding carboxylic acids is 1. The first-order valence-corrected chi connectivity index (χ1v) is 8.26. The third-order valence-electron chi connectivity index (χ3n) is 3.76. The van der Waals surface area contributed by atoms with Crippen LogP contribution in [0.5, 0.6) is 0 Å². The van der Waals surface area contributed by atoms with Gasteiger partial charge in [-0.25, -0.2) is 4.98 Å². The lowest BCUT2D eigenvalue weighted by molar-refractivity contribution is -0.121. The van der Waals surface area contributed by atoms with Crippen molar-refractivity contribution in [3.05, 3.63) is 29.0 Å². The van der Waals surface area contributed by atoms with Gasteiger partial charge >= 0.3 is 0 Å². The minimum atomic E-state index is -0.244. The van der Waals surface area contributed by atoms with Gasteiger partial charge in [0.2, 0.25) is 5.91 Å². The SMILES string of the molecule is Cc1cnc(NC(=O)[C@H]2CCO[C@@H]2c2ccnn2C(C)C)s1. The second kappa shape index (κ2) is 6.18. The zero-order valence-electron chi connectivity index (χ0n) is 12.9. The Morgan fingerprint density at radius 1 is 1.55 bits per heavy atom. The molecule has 0 unspecified atom stereocenters. The first kappa shape index (κ1) is 15.2. The van der Waals surface area contributed by atoms with Crippen molar-refractivity contribution < 1.29 is 9.53 Å². The molecule has 1 saturated heterocycles. The van der Waals surface area contributed by atoms with Gasteiger partial charge in [-0.2, -0.15) is 5.10 Å². The van der Waals surface area contributed by atoms with E-state index in [2.05, 4.69) is 29.2 Å². The monoisotopic (exact) mass is 320 g/mol. The maximum absolute atomic E-state index is 12.6. The Morgan fingerprint density at radius 3 is 3.05 bits per heavy atom. The molecule has 6 nitrogen and oxygen atoms in total. The number of hydrogen-bond acceptors (Lipinski definition) is 5. The van der Waals surface area contributed by atoms with Crippen molar-refractivity contribution in [1.82, 2.24) is 14.8 Å². The Hall–Kier alpha value is -1.73. The van der Waals surface area contributed by atoms with Crippen LogP contribution in [-0.2, 0) is 9.53 Å². The lowest BCUT2D eigenvalue weighted by Gasteiger charge is -2.20. The summed E-state index contributed by atoms with van der Waals surface area (Å²) in [4.78, 5) is 17.8. The van der Waals surface area contributed by atoms with Crippen LogP contribution in [0.4, 0.5) is 5.13 Å². The van der Waals surface area contributed by atoms with Crippen LogP contribution in [0, 0.1) is 12.8 Å². The van der Waals surface area contributed by atoms with Gasteiger partial charge in [0, 0.05) is 29.9 Å². The van der Waals surface area contributed by atoms with Crippen LogP contribution in [0.2, 0.25) is 0 Å². The average Bonchev–Trinajstić information content (AvgIpc) is 3.16. The second-order valence-electron chi connectivity index (χ2n) is 5.75. The molecule has 1 N–H and O–H groups in total. The highest BCUT2D eigenvalue weighted by Crippen LogP contribution is 2.36. The normalized spacial score (nSPS) is 21.5. The predicted octanol–water partition coefficient (Wildman–Crippen LogP) is 2.95. The van der Waals surface area contributed by atoms with Crippen LogP contribution in [-0.4, -0.2) is 27.3 Å². The number of carbonyl (C=O) groups is 1. The van der Waals surface area contributed by atoms with Gasteiger partial charge in [0.05, 0.1) is 11.6 Å². The van der Waals surface area contributed by atoms with Gasteiger partial charge in [-0.05, 0) is 33.3 Å². The summed E-state index contributed by atoms with van der Waals surface area (Å²) in [5, 5.41) is 7.88. The molecule has 7 heteroatoms. The summed E-state index contributed by atoms with van der Waals surface area (Å²) in [6.45, 7) is 6.69. The zero-order valence-corrected chi connectivity index (χ0v) is 13.8. The topological polar surface area (TPSA) is 69.0 Å². The van der Waals surface area contributed by atoms with Crippen LogP contribution in [0.15, 0.2) is 18.5 Å². The number of thiazole rings is 1. The number of nitrogens with one attached hydrogen (secondary N) is 1. The van der Waals surface area contributed by atoms with E-state index in [0.29, 0.717) is 18.2 Å². The largest absolute Gasteiger partial charge is 0.371 e. The van der Waals surface area contributed by atoms with E-state index < -0.39 is 0 Å². The third kappa shape index (κ3) is 2.91. The zero-order chi connectivity index (χ0) is 15.7. The van der Waals surface area contributed by atoms with Crippen LogP contribution in [0.25, 0.3) is 0 Å².